The zero-order chi connectivity index (χ0) is 12.6. The molecular formula is C12H12F2N2O. The van der Waals surface area contributed by atoms with Crippen LogP contribution in [0.25, 0.3) is 10.8 Å². The van der Waals surface area contributed by atoms with E-state index in [1.807, 2.05) is 6.92 Å². The Kier molecular flexibility index (Phi) is 2.93. The van der Waals surface area contributed by atoms with Crippen LogP contribution >= 0.6 is 0 Å². The summed E-state index contributed by atoms with van der Waals surface area (Å²) >= 11 is 0. The first-order valence-corrected chi connectivity index (χ1v) is 5.22. The average Bonchev–Trinajstić information content (AvgIpc) is 2.31. The summed E-state index contributed by atoms with van der Waals surface area (Å²) < 4.78 is 26.3. The first kappa shape index (κ1) is 11.7. The molecule has 1 atom stereocenters. The first-order chi connectivity index (χ1) is 8.04. The normalized spacial score (nSPS) is 12.9. The van der Waals surface area contributed by atoms with E-state index in [0.717, 1.165) is 17.7 Å². The number of halogens is 2. The molecule has 1 aromatic heterocycles. The van der Waals surface area contributed by atoms with Crippen molar-refractivity contribution in [3.8, 4) is 0 Å². The molecule has 0 bridgehead atoms. The standard InChI is InChI=1S/C12H12F2N2O/c1-6(15-2)9-5-16-12(17)8-4-11(14)10(13)3-7(8)9/h3-6,15H,1-2H3,(H,16,17)/t6-/m1/s1. The minimum Gasteiger partial charge on any atom is -0.328 e. The molecule has 1 aromatic carbocycles. The molecule has 2 aromatic rings. The molecule has 17 heavy (non-hydrogen) atoms. The Morgan fingerprint density at radius 2 is 1.82 bits per heavy atom. The van der Waals surface area contributed by atoms with Crippen LogP contribution in [-0.4, -0.2) is 12.0 Å². The van der Waals surface area contributed by atoms with Gasteiger partial charge in [-0.25, -0.2) is 8.78 Å². The number of hydrogen-bond donors (Lipinski definition) is 2. The van der Waals surface area contributed by atoms with Crippen LogP contribution in [0.4, 0.5) is 8.78 Å². The fourth-order valence-corrected chi connectivity index (χ4v) is 1.79. The predicted octanol–water partition coefficient (Wildman–Crippen LogP) is 2.09. The van der Waals surface area contributed by atoms with Gasteiger partial charge in [-0.2, -0.15) is 0 Å². The average molecular weight is 238 g/mol. The van der Waals surface area contributed by atoms with E-state index in [0.29, 0.717) is 5.39 Å². The van der Waals surface area contributed by atoms with E-state index in [2.05, 4.69) is 10.3 Å². The molecule has 0 radical (unpaired) electrons. The molecule has 0 saturated carbocycles. The second-order valence-corrected chi connectivity index (χ2v) is 3.90. The predicted molar refractivity (Wildman–Crippen MR) is 62.0 cm³/mol. The van der Waals surface area contributed by atoms with E-state index in [1.54, 1.807) is 7.05 Å². The number of aromatic amines is 1. The topological polar surface area (TPSA) is 44.9 Å². The molecular weight excluding hydrogens is 226 g/mol. The fraction of sp³-hybridized carbons (Fsp3) is 0.250. The molecule has 2 N–H and O–H groups in total. The Labute approximate surface area is 96.5 Å². The number of fused-ring (bicyclic) bond motifs is 1. The lowest BCUT2D eigenvalue weighted by Crippen LogP contribution is -2.16. The van der Waals surface area contributed by atoms with E-state index in [9.17, 15) is 13.6 Å². The first-order valence-electron chi connectivity index (χ1n) is 5.22. The zero-order valence-electron chi connectivity index (χ0n) is 9.47. The Balaban J connectivity index is 2.84. The van der Waals surface area contributed by atoms with E-state index in [-0.39, 0.29) is 11.4 Å². The Hall–Kier alpha value is -1.75. The van der Waals surface area contributed by atoms with Crippen molar-refractivity contribution in [1.29, 1.82) is 0 Å². The SMILES string of the molecule is CN[C@H](C)c1c[nH]c(=O)c2cc(F)c(F)cc12. The number of pyridine rings is 1. The van der Waals surface area contributed by atoms with Crippen LogP contribution in [0.3, 0.4) is 0 Å². The summed E-state index contributed by atoms with van der Waals surface area (Å²) in [7, 11) is 1.75. The summed E-state index contributed by atoms with van der Waals surface area (Å²) in [6.45, 7) is 1.87. The minimum atomic E-state index is -1.02. The highest BCUT2D eigenvalue weighted by molar-refractivity contribution is 5.85. The monoisotopic (exact) mass is 238 g/mol. The smallest absolute Gasteiger partial charge is 0.255 e. The van der Waals surface area contributed by atoms with Gasteiger partial charge in [0.1, 0.15) is 0 Å². The van der Waals surface area contributed by atoms with Gasteiger partial charge in [0, 0.05) is 12.2 Å². The number of rotatable bonds is 2. The maximum Gasteiger partial charge on any atom is 0.255 e. The molecule has 3 nitrogen and oxygen atoms in total. The van der Waals surface area contributed by atoms with Gasteiger partial charge in [-0.1, -0.05) is 0 Å². The quantitative estimate of drug-likeness (QED) is 0.841. The molecule has 0 spiro atoms. The van der Waals surface area contributed by atoms with Gasteiger partial charge in [0.2, 0.25) is 0 Å². The third-order valence-electron chi connectivity index (χ3n) is 2.87. The van der Waals surface area contributed by atoms with E-state index in [1.165, 1.54) is 6.20 Å². The summed E-state index contributed by atoms with van der Waals surface area (Å²) in [5.41, 5.74) is 0.298. The number of nitrogens with one attached hydrogen (secondary N) is 2. The molecule has 0 saturated heterocycles. The third-order valence-corrected chi connectivity index (χ3v) is 2.87. The zero-order valence-corrected chi connectivity index (χ0v) is 9.47. The summed E-state index contributed by atoms with van der Waals surface area (Å²) in [5, 5.41) is 3.57. The lowest BCUT2D eigenvalue weighted by atomic mass is 10.0. The number of H-pyrrole nitrogens is 1. The van der Waals surface area contributed by atoms with Crippen LogP contribution in [0.15, 0.2) is 23.1 Å². The van der Waals surface area contributed by atoms with Crippen LogP contribution in [0.2, 0.25) is 0 Å². The molecule has 2 rings (SSSR count). The highest BCUT2D eigenvalue weighted by Crippen LogP contribution is 2.23. The lowest BCUT2D eigenvalue weighted by molar-refractivity contribution is 0.510. The second-order valence-electron chi connectivity index (χ2n) is 3.90. The summed E-state index contributed by atoms with van der Waals surface area (Å²) in [4.78, 5) is 14.1. The van der Waals surface area contributed by atoms with Crippen LogP contribution in [0.1, 0.15) is 18.5 Å². The highest BCUT2D eigenvalue weighted by Gasteiger charge is 2.13. The third kappa shape index (κ3) is 1.93. The molecule has 90 valence electrons. The maximum atomic E-state index is 13.2. The summed E-state index contributed by atoms with van der Waals surface area (Å²) in [5.74, 6) is -1.97. The highest BCUT2D eigenvalue weighted by atomic mass is 19.2. The van der Waals surface area contributed by atoms with Gasteiger partial charge in [0.25, 0.3) is 5.56 Å². The van der Waals surface area contributed by atoms with Crippen molar-refractivity contribution in [1.82, 2.24) is 10.3 Å². The van der Waals surface area contributed by atoms with Gasteiger partial charge < -0.3 is 10.3 Å². The number of benzene rings is 1. The van der Waals surface area contributed by atoms with Gasteiger partial charge in [0.05, 0.1) is 5.39 Å². The Bertz CT molecular complexity index is 622. The molecule has 0 fully saturated rings. The second kappa shape index (κ2) is 4.25. The van der Waals surface area contributed by atoms with Gasteiger partial charge in [-0.3, -0.25) is 4.79 Å². The van der Waals surface area contributed by atoms with Gasteiger partial charge in [-0.05, 0) is 37.1 Å². The Morgan fingerprint density at radius 3 is 2.41 bits per heavy atom. The van der Waals surface area contributed by atoms with Gasteiger partial charge >= 0.3 is 0 Å². The van der Waals surface area contributed by atoms with Crippen molar-refractivity contribution < 1.29 is 8.78 Å². The molecule has 1 heterocycles. The van der Waals surface area contributed by atoms with E-state index >= 15 is 0 Å². The van der Waals surface area contributed by atoms with Gasteiger partial charge in [-0.15, -0.1) is 0 Å². The Morgan fingerprint density at radius 1 is 1.24 bits per heavy atom. The van der Waals surface area contributed by atoms with Crippen LogP contribution in [0.5, 0.6) is 0 Å². The van der Waals surface area contributed by atoms with Crippen LogP contribution in [-0.2, 0) is 0 Å². The van der Waals surface area contributed by atoms with E-state index in [4.69, 9.17) is 0 Å². The van der Waals surface area contributed by atoms with Crippen molar-refractivity contribution in [2.45, 2.75) is 13.0 Å². The van der Waals surface area contributed by atoms with Crippen molar-refractivity contribution in [3.63, 3.8) is 0 Å². The molecule has 0 aliphatic rings. The molecule has 5 heteroatoms. The van der Waals surface area contributed by atoms with Crippen molar-refractivity contribution in [2.24, 2.45) is 0 Å². The largest absolute Gasteiger partial charge is 0.328 e. The minimum absolute atomic E-state index is 0.0702. The van der Waals surface area contributed by atoms with Crippen molar-refractivity contribution in [2.75, 3.05) is 7.05 Å². The molecule has 0 aliphatic heterocycles. The number of hydrogen-bond acceptors (Lipinski definition) is 2. The fourth-order valence-electron chi connectivity index (χ4n) is 1.79. The van der Waals surface area contributed by atoms with Crippen molar-refractivity contribution in [3.05, 3.63) is 45.9 Å². The van der Waals surface area contributed by atoms with Crippen LogP contribution in [0, 0.1) is 11.6 Å². The number of aromatic nitrogens is 1. The van der Waals surface area contributed by atoms with Crippen molar-refractivity contribution >= 4 is 10.8 Å². The van der Waals surface area contributed by atoms with Gasteiger partial charge in [0.15, 0.2) is 11.6 Å². The molecule has 0 aliphatic carbocycles. The lowest BCUT2D eigenvalue weighted by Gasteiger charge is -2.13. The summed E-state index contributed by atoms with van der Waals surface area (Å²) in [6.07, 6.45) is 1.52. The maximum absolute atomic E-state index is 13.2. The van der Waals surface area contributed by atoms with Crippen LogP contribution < -0.4 is 10.9 Å². The molecule has 0 unspecified atom stereocenters. The van der Waals surface area contributed by atoms with E-state index < -0.39 is 17.2 Å². The summed E-state index contributed by atoms with van der Waals surface area (Å²) in [6, 6.07) is 1.91. The molecule has 0 amide bonds.